The van der Waals surface area contributed by atoms with Gasteiger partial charge in [0, 0.05) is 26.1 Å². The highest BCUT2D eigenvalue weighted by atomic mass is 16.3. The predicted molar refractivity (Wildman–Crippen MR) is 85.6 cm³/mol. The summed E-state index contributed by atoms with van der Waals surface area (Å²) >= 11 is 0. The highest BCUT2D eigenvalue weighted by molar-refractivity contribution is 6.06. The standard InChI is InChI=1S/C18H17N3O2/c1-20-15(17-9-6-10-23-17)11-16(22)14(12-19)18(21(20)2)13-7-4-3-5-8-13/h3-10,15H,11H2,1-2H3. The van der Waals surface area contributed by atoms with Crippen LogP contribution in [0.5, 0.6) is 0 Å². The molecule has 0 bridgehead atoms. The average Bonchev–Trinajstić information content (AvgIpc) is 3.08. The van der Waals surface area contributed by atoms with Gasteiger partial charge in [-0.1, -0.05) is 30.3 Å². The third-order valence-electron chi connectivity index (χ3n) is 4.17. The molecule has 0 saturated heterocycles. The fourth-order valence-electron chi connectivity index (χ4n) is 2.88. The van der Waals surface area contributed by atoms with Crippen molar-refractivity contribution >= 4 is 11.5 Å². The van der Waals surface area contributed by atoms with Gasteiger partial charge in [0.25, 0.3) is 0 Å². The zero-order valence-corrected chi connectivity index (χ0v) is 13.1. The van der Waals surface area contributed by atoms with Gasteiger partial charge in [0.2, 0.25) is 0 Å². The zero-order valence-electron chi connectivity index (χ0n) is 13.1. The SMILES string of the molecule is CN1C(c2ccccc2)=C(C#N)C(=O)CC(c2ccco2)N1C. The monoisotopic (exact) mass is 307 g/mol. The van der Waals surface area contributed by atoms with E-state index in [-0.39, 0.29) is 23.8 Å². The van der Waals surface area contributed by atoms with Gasteiger partial charge in [0.1, 0.15) is 17.4 Å². The molecule has 3 rings (SSSR count). The predicted octanol–water partition coefficient (Wildman–Crippen LogP) is 3.01. The zero-order chi connectivity index (χ0) is 16.4. The number of rotatable bonds is 2. The molecule has 1 aromatic carbocycles. The smallest absolute Gasteiger partial charge is 0.177 e. The number of carbonyl (C=O) groups is 1. The molecule has 1 aliphatic rings. The van der Waals surface area contributed by atoms with E-state index >= 15 is 0 Å². The van der Waals surface area contributed by atoms with Gasteiger partial charge in [0.15, 0.2) is 5.78 Å². The van der Waals surface area contributed by atoms with Gasteiger partial charge >= 0.3 is 0 Å². The summed E-state index contributed by atoms with van der Waals surface area (Å²) in [6, 6.07) is 15.0. The molecule has 0 N–H and O–H groups in total. The maximum atomic E-state index is 12.7. The molecule has 0 amide bonds. The van der Waals surface area contributed by atoms with Crippen molar-refractivity contribution in [2.24, 2.45) is 0 Å². The molecule has 0 saturated carbocycles. The highest BCUT2D eigenvalue weighted by Crippen LogP contribution is 2.35. The van der Waals surface area contributed by atoms with Crippen molar-refractivity contribution in [1.29, 1.82) is 5.26 Å². The van der Waals surface area contributed by atoms with Crippen LogP contribution in [0, 0.1) is 11.3 Å². The topological polar surface area (TPSA) is 60.5 Å². The molecule has 1 atom stereocenters. The minimum Gasteiger partial charge on any atom is -0.468 e. The van der Waals surface area contributed by atoms with Crippen LogP contribution in [0.2, 0.25) is 0 Å². The number of carbonyl (C=O) groups excluding carboxylic acids is 1. The number of furan rings is 1. The number of hydrogen-bond acceptors (Lipinski definition) is 5. The fourth-order valence-corrected chi connectivity index (χ4v) is 2.88. The molecule has 5 nitrogen and oxygen atoms in total. The molecule has 2 heterocycles. The average molecular weight is 307 g/mol. The lowest BCUT2D eigenvalue weighted by Gasteiger charge is -2.35. The first kappa shape index (κ1) is 15.1. The van der Waals surface area contributed by atoms with Crippen molar-refractivity contribution in [2.45, 2.75) is 12.5 Å². The maximum absolute atomic E-state index is 12.7. The van der Waals surface area contributed by atoms with Crippen LogP contribution in [0.3, 0.4) is 0 Å². The summed E-state index contributed by atoms with van der Waals surface area (Å²) in [5.41, 5.74) is 1.64. The molecule has 0 spiro atoms. The molecule has 116 valence electrons. The van der Waals surface area contributed by atoms with E-state index in [1.54, 1.807) is 12.3 Å². The van der Waals surface area contributed by atoms with Crippen LogP contribution < -0.4 is 0 Å². The summed E-state index contributed by atoms with van der Waals surface area (Å²) in [5.74, 6) is 0.531. The van der Waals surface area contributed by atoms with Crippen LogP contribution in [-0.4, -0.2) is 29.9 Å². The summed E-state index contributed by atoms with van der Waals surface area (Å²) in [5, 5.41) is 13.3. The molecule has 1 aliphatic heterocycles. The van der Waals surface area contributed by atoms with Crippen molar-refractivity contribution in [3.63, 3.8) is 0 Å². The Morgan fingerprint density at radius 1 is 1.17 bits per heavy atom. The number of allylic oxidation sites excluding steroid dienone is 1. The summed E-state index contributed by atoms with van der Waals surface area (Å²) in [4.78, 5) is 12.7. The molecular formula is C18H17N3O2. The summed E-state index contributed by atoms with van der Waals surface area (Å²) < 4.78 is 5.48. The van der Waals surface area contributed by atoms with E-state index in [0.29, 0.717) is 11.5 Å². The first-order valence-electron chi connectivity index (χ1n) is 7.36. The van der Waals surface area contributed by atoms with Crippen molar-refractivity contribution < 1.29 is 9.21 Å². The number of hydrazine groups is 1. The summed E-state index contributed by atoms with van der Waals surface area (Å²) in [7, 11) is 3.75. The summed E-state index contributed by atoms with van der Waals surface area (Å²) in [6.45, 7) is 0. The molecule has 2 aromatic rings. The van der Waals surface area contributed by atoms with Gasteiger partial charge in [-0.05, 0) is 12.1 Å². The molecular weight excluding hydrogens is 290 g/mol. The number of benzene rings is 1. The maximum Gasteiger partial charge on any atom is 0.177 e. The van der Waals surface area contributed by atoms with Crippen molar-refractivity contribution in [3.05, 3.63) is 65.6 Å². The van der Waals surface area contributed by atoms with E-state index < -0.39 is 0 Å². The molecule has 5 heteroatoms. The van der Waals surface area contributed by atoms with Gasteiger partial charge in [0.05, 0.1) is 18.0 Å². The van der Waals surface area contributed by atoms with Gasteiger partial charge < -0.3 is 9.43 Å². The second kappa shape index (κ2) is 6.11. The van der Waals surface area contributed by atoms with E-state index in [1.807, 2.05) is 60.5 Å². The quantitative estimate of drug-likeness (QED) is 0.853. The van der Waals surface area contributed by atoms with Gasteiger partial charge in [-0.3, -0.25) is 4.79 Å². The molecule has 23 heavy (non-hydrogen) atoms. The Labute approximate surface area is 135 Å². The van der Waals surface area contributed by atoms with Crippen LogP contribution in [0.1, 0.15) is 23.8 Å². The Morgan fingerprint density at radius 3 is 2.52 bits per heavy atom. The highest BCUT2D eigenvalue weighted by Gasteiger charge is 2.34. The number of hydrogen-bond donors (Lipinski definition) is 0. The van der Waals surface area contributed by atoms with Crippen molar-refractivity contribution in [3.8, 4) is 6.07 Å². The lowest BCUT2D eigenvalue weighted by atomic mass is 10.00. The lowest BCUT2D eigenvalue weighted by Crippen LogP contribution is -2.37. The molecule has 0 aliphatic carbocycles. The van der Waals surface area contributed by atoms with Gasteiger partial charge in [-0.2, -0.15) is 5.26 Å². The first-order valence-corrected chi connectivity index (χ1v) is 7.36. The number of Topliss-reactive ketones (excluding diaryl/α,β-unsaturated/α-hetero) is 1. The van der Waals surface area contributed by atoms with E-state index in [0.717, 1.165) is 5.56 Å². The number of ketones is 1. The first-order chi connectivity index (χ1) is 11.1. The molecule has 0 fully saturated rings. The third-order valence-corrected chi connectivity index (χ3v) is 4.17. The van der Waals surface area contributed by atoms with E-state index in [9.17, 15) is 10.1 Å². The van der Waals surface area contributed by atoms with E-state index in [2.05, 4.69) is 6.07 Å². The van der Waals surface area contributed by atoms with Crippen LogP contribution in [0.15, 0.2) is 58.7 Å². The van der Waals surface area contributed by atoms with Gasteiger partial charge in [-0.25, -0.2) is 5.01 Å². The lowest BCUT2D eigenvalue weighted by molar-refractivity contribution is -0.116. The van der Waals surface area contributed by atoms with Crippen molar-refractivity contribution in [2.75, 3.05) is 14.1 Å². The second-order valence-electron chi connectivity index (χ2n) is 5.46. The molecule has 1 unspecified atom stereocenters. The minimum atomic E-state index is -0.243. The largest absolute Gasteiger partial charge is 0.468 e. The minimum absolute atomic E-state index is 0.177. The Morgan fingerprint density at radius 2 is 1.91 bits per heavy atom. The van der Waals surface area contributed by atoms with Gasteiger partial charge in [-0.15, -0.1) is 0 Å². The molecule has 0 radical (unpaired) electrons. The van der Waals surface area contributed by atoms with Crippen LogP contribution >= 0.6 is 0 Å². The molecule has 1 aromatic heterocycles. The normalized spacial score (nSPS) is 19.6. The number of nitrogens with zero attached hydrogens (tertiary/aromatic N) is 3. The van der Waals surface area contributed by atoms with Crippen LogP contribution in [0.25, 0.3) is 5.70 Å². The Balaban J connectivity index is 2.11. The van der Waals surface area contributed by atoms with E-state index in [4.69, 9.17) is 4.42 Å². The Kier molecular flexibility index (Phi) is 4.00. The van der Waals surface area contributed by atoms with Crippen LogP contribution in [0.4, 0.5) is 0 Å². The van der Waals surface area contributed by atoms with Crippen LogP contribution in [-0.2, 0) is 4.79 Å². The van der Waals surface area contributed by atoms with Crippen molar-refractivity contribution in [1.82, 2.24) is 10.0 Å². The summed E-state index contributed by atoms with van der Waals surface area (Å²) in [6.07, 6.45) is 1.79. The number of nitriles is 1. The fraction of sp³-hybridized carbons (Fsp3) is 0.222. The second-order valence-corrected chi connectivity index (χ2v) is 5.46. The Bertz CT molecular complexity index is 772. The van der Waals surface area contributed by atoms with E-state index in [1.165, 1.54) is 0 Å². The Hall–Kier alpha value is -2.84. The third kappa shape index (κ3) is 2.65.